The van der Waals surface area contributed by atoms with Crippen molar-refractivity contribution >= 4 is 5.91 Å². The molecule has 0 heterocycles. The second-order valence-corrected chi connectivity index (χ2v) is 13.1. The van der Waals surface area contributed by atoms with Gasteiger partial charge in [-0.3, -0.25) is 4.79 Å². The van der Waals surface area contributed by atoms with Gasteiger partial charge < -0.3 is 20.9 Å². The monoisotopic (exact) mass is 579 g/mol. The van der Waals surface area contributed by atoms with E-state index in [1.54, 1.807) is 0 Å². The van der Waals surface area contributed by atoms with E-state index in [-0.39, 0.29) is 17.0 Å². The molecule has 0 bridgehead atoms. The molecule has 0 aliphatic heterocycles. The first-order chi connectivity index (χ1) is 19.8. The molecule has 0 aromatic rings. The first kappa shape index (κ1) is 39.9. The fourth-order valence-electron chi connectivity index (χ4n) is 5.59. The SMILES string of the molecule is CCCCCCCCN(/C=C/CC(C)(CCC)NCCNC(=O)CCC(C)(CC)NCCC)CCCCCCCC. The second kappa shape index (κ2) is 26.5. The molecule has 0 aromatic carbocycles. The van der Waals surface area contributed by atoms with E-state index >= 15 is 0 Å². The van der Waals surface area contributed by atoms with Crippen molar-refractivity contribution in [1.29, 1.82) is 0 Å². The maximum absolute atomic E-state index is 12.5. The molecular weight excluding hydrogens is 504 g/mol. The standard InChI is InChI=1S/C36H74N4O/c1-8-13-15-17-19-21-31-40(32-22-20-18-16-14-9-2)33-23-26-36(7,25-10-3)39-30-29-37-34(41)24-27-35(6,12-5)38-28-11-4/h23,33,38-39H,8-22,24-32H2,1-7H3,(H,37,41)/b33-23+. The van der Waals surface area contributed by atoms with Crippen molar-refractivity contribution in [2.24, 2.45) is 0 Å². The van der Waals surface area contributed by atoms with Crippen LogP contribution in [0.5, 0.6) is 0 Å². The highest BCUT2D eigenvalue weighted by Gasteiger charge is 2.23. The summed E-state index contributed by atoms with van der Waals surface area (Å²) in [6.07, 6.45) is 28.0. The molecular formula is C36H74N4O. The van der Waals surface area contributed by atoms with Crippen molar-refractivity contribution in [3.8, 4) is 0 Å². The highest BCUT2D eigenvalue weighted by molar-refractivity contribution is 5.75. The summed E-state index contributed by atoms with van der Waals surface area (Å²) in [5.74, 6) is 0.168. The molecule has 5 nitrogen and oxygen atoms in total. The molecule has 0 aliphatic rings. The van der Waals surface area contributed by atoms with Gasteiger partial charge in [-0.2, -0.15) is 0 Å². The maximum atomic E-state index is 12.5. The van der Waals surface area contributed by atoms with Crippen molar-refractivity contribution in [2.75, 3.05) is 32.7 Å². The molecule has 0 spiro atoms. The highest BCUT2D eigenvalue weighted by atomic mass is 16.1. The van der Waals surface area contributed by atoms with Crippen molar-refractivity contribution < 1.29 is 4.79 Å². The maximum Gasteiger partial charge on any atom is 0.220 e. The molecule has 0 aliphatic carbocycles. The van der Waals surface area contributed by atoms with E-state index in [1.807, 2.05) is 0 Å². The van der Waals surface area contributed by atoms with Crippen LogP contribution in [0.1, 0.15) is 170 Å². The van der Waals surface area contributed by atoms with Crippen molar-refractivity contribution in [3.05, 3.63) is 12.3 Å². The van der Waals surface area contributed by atoms with Gasteiger partial charge in [0.2, 0.25) is 5.91 Å². The van der Waals surface area contributed by atoms with E-state index in [1.165, 1.54) is 90.1 Å². The zero-order valence-corrected chi connectivity index (χ0v) is 29.0. The molecule has 0 saturated carbocycles. The van der Waals surface area contributed by atoms with Crippen LogP contribution in [0.4, 0.5) is 0 Å². The van der Waals surface area contributed by atoms with Gasteiger partial charge >= 0.3 is 0 Å². The lowest BCUT2D eigenvalue weighted by Crippen LogP contribution is -2.46. The summed E-state index contributed by atoms with van der Waals surface area (Å²) in [6, 6.07) is 0. The zero-order valence-electron chi connectivity index (χ0n) is 29.0. The highest BCUT2D eigenvalue weighted by Crippen LogP contribution is 2.19. The summed E-state index contributed by atoms with van der Waals surface area (Å²) in [6.45, 7) is 20.7. The summed E-state index contributed by atoms with van der Waals surface area (Å²) < 4.78 is 0. The fraction of sp³-hybridized carbons (Fsp3) is 0.917. The Kier molecular flexibility index (Phi) is 25.9. The van der Waals surface area contributed by atoms with Crippen LogP contribution < -0.4 is 16.0 Å². The lowest BCUT2D eigenvalue weighted by atomic mass is 9.92. The van der Waals surface area contributed by atoms with Crippen LogP contribution in [0.25, 0.3) is 0 Å². The molecule has 3 N–H and O–H groups in total. The van der Waals surface area contributed by atoms with Crippen molar-refractivity contribution in [1.82, 2.24) is 20.9 Å². The molecule has 0 rings (SSSR count). The summed E-state index contributed by atoms with van der Waals surface area (Å²) in [5.41, 5.74) is 0.114. The number of hydrogen-bond acceptors (Lipinski definition) is 4. The minimum Gasteiger partial charge on any atom is -0.378 e. The molecule has 5 heteroatoms. The van der Waals surface area contributed by atoms with Crippen LogP contribution in [0.2, 0.25) is 0 Å². The third-order valence-corrected chi connectivity index (χ3v) is 8.77. The van der Waals surface area contributed by atoms with Gasteiger partial charge in [0, 0.05) is 43.7 Å². The van der Waals surface area contributed by atoms with E-state index in [2.05, 4.69) is 81.6 Å². The molecule has 2 atom stereocenters. The minimum absolute atomic E-state index is 0.0512. The first-order valence-corrected chi connectivity index (χ1v) is 18.0. The molecule has 244 valence electrons. The van der Waals surface area contributed by atoms with Gasteiger partial charge in [0.25, 0.3) is 0 Å². The van der Waals surface area contributed by atoms with Crippen molar-refractivity contribution in [3.63, 3.8) is 0 Å². The van der Waals surface area contributed by atoms with Gasteiger partial charge in [-0.15, -0.1) is 0 Å². The van der Waals surface area contributed by atoms with Gasteiger partial charge in [0.05, 0.1) is 0 Å². The van der Waals surface area contributed by atoms with E-state index in [4.69, 9.17) is 0 Å². The molecule has 41 heavy (non-hydrogen) atoms. The largest absolute Gasteiger partial charge is 0.378 e. The van der Waals surface area contributed by atoms with Gasteiger partial charge in [0.1, 0.15) is 0 Å². The Labute approximate surface area is 257 Å². The predicted octanol–water partition coefficient (Wildman–Crippen LogP) is 9.13. The van der Waals surface area contributed by atoms with E-state index in [9.17, 15) is 4.79 Å². The van der Waals surface area contributed by atoms with Gasteiger partial charge in [-0.1, -0.05) is 111 Å². The van der Waals surface area contributed by atoms with Crippen LogP contribution in [0, 0.1) is 0 Å². The Bertz CT molecular complexity index is 609. The van der Waals surface area contributed by atoms with Crippen LogP contribution in [-0.4, -0.2) is 54.6 Å². The number of nitrogens with one attached hydrogen (secondary N) is 3. The number of rotatable bonds is 30. The third-order valence-electron chi connectivity index (χ3n) is 8.77. The Balaban J connectivity index is 4.68. The van der Waals surface area contributed by atoms with Gasteiger partial charge in [-0.05, 0) is 71.5 Å². The van der Waals surface area contributed by atoms with Crippen LogP contribution in [0.3, 0.4) is 0 Å². The Hall–Kier alpha value is -1.07. The summed E-state index contributed by atoms with van der Waals surface area (Å²) in [4.78, 5) is 15.1. The fourth-order valence-corrected chi connectivity index (χ4v) is 5.59. The molecule has 2 unspecified atom stereocenters. The van der Waals surface area contributed by atoms with E-state index in [0.717, 1.165) is 51.6 Å². The lowest BCUT2D eigenvalue weighted by molar-refractivity contribution is -0.121. The van der Waals surface area contributed by atoms with Crippen LogP contribution in [0.15, 0.2) is 12.3 Å². The second-order valence-electron chi connectivity index (χ2n) is 13.1. The topological polar surface area (TPSA) is 56.4 Å². The van der Waals surface area contributed by atoms with Crippen LogP contribution >= 0.6 is 0 Å². The average Bonchev–Trinajstić information content (AvgIpc) is 2.96. The number of carbonyl (C=O) groups is 1. The quantitative estimate of drug-likeness (QED) is 0.0744. The van der Waals surface area contributed by atoms with Crippen molar-refractivity contribution in [2.45, 2.75) is 182 Å². The smallest absolute Gasteiger partial charge is 0.220 e. The Morgan fingerprint density at radius 1 is 0.634 bits per heavy atom. The first-order valence-electron chi connectivity index (χ1n) is 18.0. The number of unbranched alkanes of at least 4 members (excludes halogenated alkanes) is 10. The van der Waals surface area contributed by atoms with E-state index < -0.39 is 0 Å². The Morgan fingerprint density at radius 2 is 1.20 bits per heavy atom. The normalized spacial score (nSPS) is 14.7. The predicted molar refractivity (Wildman–Crippen MR) is 183 cm³/mol. The summed E-state index contributed by atoms with van der Waals surface area (Å²) in [7, 11) is 0. The van der Waals surface area contributed by atoms with Crippen LogP contribution in [-0.2, 0) is 4.79 Å². The number of nitrogens with zero attached hydrogens (tertiary/aromatic N) is 1. The lowest BCUT2D eigenvalue weighted by Gasteiger charge is -2.31. The molecule has 1 amide bonds. The molecule has 0 aromatic heterocycles. The van der Waals surface area contributed by atoms with Gasteiger partial charge in [0.15, 0.2) is 0 Å². The molecule has 0 radical (unpaired) electrons. The summed E-state index contributed by atoms with van der Waals surface area (Å²) >= 11 is 0. The number of hydrogen-bond donors (Lipinski definition) is 3. The Morgan fingerprint density at radius 3 is 1.73 bits per heavy atom. The van der Waals surface area contributed by atoms with Gasteiger partial charge in [-0.25, -0.2) is 0 Å². The molecule has 0 fully saturated rings. The minimum atomic E-state index is 0.0512. The zero-order chi connectivity index (χ0) is 30.7. The average molecular weight is 579 g/mol. The third kappa shape index (κ3) is 23.1. The number of amides is 1. The summed E-state index contributed by atoms with van der Waals surface area (Å²) in [5, 5.41) is 10.6. The number of carbonyl (C=O) groups excluding carboxylic acids is 1. The van der Waals surface area contributed by atoms with E-state index in [0.29, 0.717) is 13.0 Å². The molecule has 0 saturated heterocycles.